The second-order valence-corrected chi connectivity index (χ2v) is 6.57. The van der Waals surface area contributed by atoms with Gasteiger partial charge in [0.15, 0.2) is 11.5 Å². The topological polar surface area (TPSA) is 66.9 Å². The summed E-state index contributed by atoms with van der Waals surface area (Å²) in [5, 5.41) is 14.3. The Kier molecular flexibility index (Phi) is 5.23. The van der Waals surface area contributed by atoms with Gasteiger partial charge in [0, 0.05) is 10.5 Å². The molecule has 1 aliphatic carbocycles. The third-order valence-electron chi connectivity index (χ3n) is 3.97. The molecule has 2 N–H and O–H groups in total. The van der Waals surface area contributed by atoms with Crippen LogP contribution in [0, 0.1) is 0 Å². The summed E-state index contributed by atoms with van der Waals surface area (Å²) < 4.78 is 0.945. The molecule has 0 saturated heterocycles. The van der Waals surface area contributed by atoms with Crippen LogP contribution in [0.5, 0.6) is 0 Å². The first-order chi connectivity index (χ1) is 11.2. The van der Waals surface area contributed by atoms with Crippen LogP contribution in [-0.4, -0.2) is 22.1 Å². The zero-order valence-corrected chi connectivity index (χ0v) is 14.3. The number of hydrogen-bond acceptors (Lipinski definition) is 4. The fourth-order valence-electron chi connectivity index (χ4n) is 2.73. The van der Waals surface area contributed by atoms with Crippen LogP contribution in [0.4, 0.5) is 11.5 Å². The van der Waals surface area contributed by atoms with E-state index in [2.05, 4.69) is 36.8 Å². The number of nitrogens with zero attached hydrogens (tertiary/aromatic N) is 2. The van der Waals surface area contributed by atoms with Crippen molar-refractivity contribution >= 4 is 33.3 Å². The molecule has 2 aromatic rings. The maximum Gasteiger partial charge on any atom is 0.272 e. The number of carbonyl (C=O) groups excluding carboxylic acids is 1. The quantitative estimate of drug-likeness (QED) is 0.846. The van der Waals surface area contributed by atoms with E-state index in [0.717, 1.165) is 23.0 Å². The van der Waals surface area contributed by atoms with E-state index in [9.17, 15) is 4.79 Å². The first kappa shape index (κ1) is 15.9. The average Bonchev–Trinajstić information content (AvgIpc) is 2.58. The molecule has 6 heteroatoms. The third kappa shape index (κ3) is 4.28. The maximum absolute atomic E-state index is 12.2. The summed E-state index contributed by atoms with van der Waals surface area (Å²) in [6, 6.07) is 11.5. The molecule has 1 fully saturated rings. The van der Waals surface area contributed by atoms with Gasteiger partial charge in [-0.05, 0) is 53.0 Å². The van der Waals surface area contributed by atoms with Crippen molar-refractivity contribution in [3.8, 4) is 0 Å². The third-order valence-corrected chi connectivity index (χ3v) is 4.67. The zero-order valence-electron chi connectivity index (χ0n) is 12.8. The lowest BCUT2D eigenvalue weighted by atomic mass is 9.95. The minimum absolute atomic E-state index is 0.142. The van der Waals surface area contributed by atoms with Crippen molar-refractivity contribution in [2.75, 3.05) is 5.32 Å². The number of amides is 1. The second kappa shape index (κ2) is 7.55. The van der Waals surface area contributed by atoms with Crippen LogP contribution in [0.1, 0.15) is 42.6 Å². The number of hydrogen-bond donors (Lipinski definition) is 2. The van der Waals surface area contributed by atoms with E-state index in [4.69, 9.17) is 0 Å². The molecule has 0 unspecified atom stereocenters. The van der Waals surface area contributed by atoms with E-state index >= 15 is 0 Å². The summed E-state index contributed by atoms with van der Waals surface area (Å²) >= 11 is 3.47. The van der Waals surface area contributed by atoms with Crippen LogP contribution in [0.25, 0.3) is 0 Å². The van der Waals surface area contributed by atoms with Gasteiger partial charge in [-0.1, -0.05) is 31.4 Å². The Morgan fingerprint density at radius 1 is 1.04 bits per heavy atom. The van der Waals surface area contributed by atoms with Crippen LogP contribution in [0.3, 0.4) is 0 Å². The van der Waals surface area contributed by atoms with Crippen molar-refractivity contribution in [1.29, 1.82) is 0 Å². The molecule has 1 heterocycles. The fraction of sp³-hybridized carbons (Fsp3) is 0.353. The van der Waals surface area contributed by atoms with E-state index < -0.39 is 0 Å². The number of carbonyl (C=O) groups is 1. The normalized spacial score (nSPS) is 15.2. The Morgan fingerprint density at radius 2 is 1.83 bits per heavy atom. The zero-order chi connectivity index (χ0) is 16.1. The lowest BCUT2D eigenvalue weighted by Crippen LogP contribution is -2.36. The number of anilines is 2. The molecule has 5 nitrogen and oxygen atoms in total. The van der Waals surface area contributed by atoms with Crippen LogP contribution in [0.15, 0.2) is 40.9 Å². The highest BCUT2D eigenvalue weighted by atomic mass is 79.9. The van der Waals surface area contributed by atoms with Crippen molar-refractivity contribution in [2.45, 2.75) is 38.1 Å². The van der Waals surface area contributed by atoms with Crippen molar-refractivity contribution in [3.63, 3.8) is 0 Å². The summed E-state index contributed by atoms with van der Waals surface area (Å²) in [5.74, 6) is 0.461. The molecule has 3 rings (SSSR count). The van der Waals surface area contributed by atoms with Crippen LogP contribution in [-0.2, 0) is 0 Å². The predicted octanol–water partition coefficient (Wildman–Crippen LogP) is 4.05. The van der Waals surface area contributed by atoms with E-state index in [1.54, 1.807) is 12.1 Å². The summed E-state index contributed by atoms with van der Waals surface area (Å²) in [7, 11) is 0. The number of aromatic nitrogens is 2. The van der Waals surface area contributed by atoms with Crippen LogP contribution >= 0.6 is 15.9 Å². The standard InChI is InChI=1S/C17H19BrN4O/c18-13-8-4-5-9-14(13)20-16-11-10-15(21-22-16)17(23)19-12-6-2-1-3-7-12/h4-5,8-12H,1-3,6-7H2,(H,19,23)(H,20,22). The highest BCUT2D eigenvalue weighted by Gasteiger charge is 2.17. The van der Waals surface area contributed by atoms with E-state index in [-0.39, 0.29) is 11.9 Å². The van der Waals surface area contributed by atoms with E-state index in [0.29, 0.717) is 11.5 Å². The molecule has 0 atom stereocenters. The number of nitrogens with one attached hydrogen (secondary N) is 2. The lowest BCUT2D eigenvalue weighted by Gasteiger charge is -2.22. The molecule has 0 bridgehead atoms. The molecular formula is C17H19BrN4O. The van der Waals surface area contributed by atoms with Gasteiger partial charge in [0.2, 0.25) is 0 Å². The van der Waals surface area contributed by atoms with Crippen molar-refractivity contribution in [1.82, 2.24) is 15.5 Å². The van der Waals surface area contributed by atoms with Crippen LogP contribution < -0.4 is 10.6 Å². The van der Waals surface area contributed by atoms with Gasteiger partial charge >= 0.3 is 0 Å². The molecular weight excluding hydrogens is 356 g/mol. The number of rotatable bonds is 4. The first-order valence-electron chi connectivity index (χ1n) is 7.88. The van der Waals surface area contributed by atoms with Gasteiger partial charge in [-0.2, -0.15) is 0 Å². The summed E-state index contributed by atoms with van der Waals surface area (Å²) in [4.78, 5) is 12.2. The smallest absolute Gasteiger partial charge is 0.272 e. The van der Waals surface area contributed by atoms with Crippen molar-refractivity contribution in [3.05, 3.63) is 46.6 Å². The Morgan fingerprint density at radius 3 is 2.52 bits per heavy atom. The summed E-state index contributed by atoms with van der Waals surface area (Å²) in [6.07, 6.45) is 5.75. The molecule has 1 aliphatic rings. The van der Waals surface area contributed by atoms with Crippen molar-refractivity contribution < 1.29 is 4.79 Å². The monoisotopic (exact) mass is 374 g/mol. The van der Waals surface area contributed by atoms with Gasteiger partial charge in [-0.15, -0.1) is 10.2 Å². The van der Waals surface area contributed by atoms with Gasteiger partial charge in [0.05, 0.1) is 5.69 Å². The molecule has 1 amide bonds. The molecule has 1 saturated carbocycles. The largest absolute Gasteiger partial charge is 0.348 e. The van der Waals surface area contributed by atoms with Crippen LogP contribution in [0.2, 0.25) is 0 Å². The van der Waals surface area contributed by atoms with Gasteiger partial charge in [-0.3, -0.25) is 4.79 Å². The molecule has 1 aromatic heterocycles. The maximum atomic E-state index is 12.2. The minimum Gasteiger partial charge on any atom is -0.348 e. The summed E-state index contributed by atoms with van der Waals surface area (Å²) in [5.41, 5.74) is 1.26. The highest BCUT2D eigenvalue weighted by molar-refractivity contribution is 9.10. The fourth-order valence-corrected chi connectivity index (χ4v) is 3.11. The SMILES string of the molecule is O=C(NC1CCCCC1)c1ccc(Nc2ccccc2Br)nn1. The predicted molar refractivity (Wildman–Crippen MR) is 93.8 cm³/mol. The molecule has 0 radical (unpaired) electrons. The Labute approximate surface area is 144 Å². The minimum atomic E-state index is -0.142. The Balaban J connectivity index is 1.62. The van der Waals surface area contributed by atoms with Crippen molar-refractivity contribution in [2.24, 2.45) is 0 Å². The van der Waals surface area contributed by atoms with Gasteiger partial charge in [-0.25, -0.2) is 0 Å². The Bertz CT molecular complexity index is 669. The average molecular weight is 375 g/mol. The van der Waals surface area contributed by atoms with Gasteiger partial charge in [0.1, 0.15) is 0 Å². The molecule has 0 spiro atoms. The first-order valence-corrected chi connectivity index (χ1v) is 8.68. The summed E-state index contributed by atoms with van der Waals surface area (Å²) in [6.45, 7) is 0. The number of halogens is 1. The number of para-hydroxylation sites is 1. The Hall–Kier alpha value is -1.95. The van der Waals surface area contributed by atoms with Gasteiger partial charge in [0.25, 0.3) is 5.91 Å². The molecule has 120 valence electrons. The lowest BCUT2D eigenvalue weighted by molar-refractivity contribution is 0.0921. The van der Waals surface area contributed by atoms with Gasteiger partial charge < -0.3 is 10.6 Å². The number of benzene rings is 1. The molecule has 23 heavy (non-hydrogen) atoms. The second-order valence-electron chi connectivity index (χ2n) is 5.72. The molecule has 0 aliphatic heterocycles. The van der Waals surface area contributed by atoms with E-state index in [1.165, 1.54) is 19.3 Å². The van der Waals surface area contributed by atoms with E-state index in [1.807, 2.05) is 24.3 Å². The highest BCUT2D eigenvalue weighted by Crippen LogP contribution is 2.24. The molecule has 1 aromatic carbocycles.